The molecule has 0 radical (unpaired) electrons. The molecule has 0 fully saturated rings. The summed E-state index contributed by atoms with van der Waals surface area (Å²) in [5.74, 6) is 0. The fourth-order valence-corrected chi connectivity index (χ4v) is 3.53. The van der Waals surface area contributed by atoms with Crippen molar-refractivity contribution in [1.82, 2.24) is 14.4 Å². The van der Waals surface area contributed by atoms with E-state index >= 15 is 0 Å². The molecule has 5 rings (SSSR count). The molecule has 4 nitrogen and oxygen atoms in total. The Morgan fingerprint density at radius 2 is 1.83 bits per heavy atom. The number of para-hydroxylation sites is 2. The van der Waals surface area contributed by atoms with E-state index in [2.05, 4.69) is 51.4 Å². The standard InChI is InChI=1S/C20H14N4/c1-21-12-13-6-4-10-17-18(13)19-14(7-5-11-22-19)20-23-15-8-2-3-9-16(15)24(17)20/h2-11H,1,12H2. The van der Waals surface area contributed by atoms with E-state index in [9.17, 15) is 0 Å². The van der Waals surface area contributed by atoms with Gasteiger partial charge in [0.15, 0.2) is 0 Å². The van der Waals surface area contributed by atoms with Crippen molar-refractivity contribution in [2.45, 2.75) is 6.54 Å². The summed E-state index contributed by atoms with van der Waals surface area (Å²) in [5, 5.41) is 2.17. The number of benzene rings is 2. The lowest BCUT2D eigenvalue weighted by Gasteiger charge is -2.11. The van der Waals surface area contributed by atoms with Gasteiger partial charge >= 0.3 is 0 Å². The molecule has 0 saturated heterocycles. The maximum atomic E-state index is 4.86. The molecule has 0 spiro atoms. The fourth-order valence-electron chi connectivity index (χ4n) is 3.53. The summed E-state index contributed by atoms with van der Waals surface area (Å²) in [5.41, 5.74) is 6.23. The van der Waals surface area contributed by atoms with E-state index in [1.807, 2.05) is 30.5 Å². The zero-order valence-electron chi connectivity index (χ0n) is 13.0. The second kappa shape index (κ2) is 4.86. The van der Waals surface area contributed by atoms with Crippen LogP contribution < -0.4 is 0 Å². The number of pyridine rings is 2. The van der Waals surface area contributed by atoms with E-state index in [1.54, 1.807) is 0 Å². The van der Waals surface area contributed by atoms with Crippen LogP contribution in [0.15, 0.2) is 65.8 Å². The Morgan fingerprint density at radius 3 is 2.75 bits per heavy atom. The average molecular weight is 310 g/mol. The second-order valence-electron chi connectivity index (χ2n) is 5.85. The Kier molecular flexibility index (Phi) is 2.67. The molecule has 114 valence electrons. The third-order valence-corrected chi connectivity index (χ3v) is 4.50. The highest BCUT2D eigenvalue weighted by Gasteiger charge is 2.15. The van der Waals surface area contributed by atoms with Crippen molar-refractivity contribution >= 4 is 45.2 Å². The third kappa shape index (κ3) is 1.65. The van der Waals surface area contributed by atoms with Crippen LogP contribution in [0.5, 0.6) is 0 Å². The van der Waals surface area contributed by atoms with Crippen molar-refractivity contribution in [3.05, 3.63) is 66.4 Å². The number of imidazole rings is 1. The van der Waals surface area contributed by atoms with Crippen LogP contribution >= 0.6 is 0 Å². The first-order valence-electron chi connectivity index (χ1n) is 7.86. The highest BCUT2D eigenvalue weighted by molar-refractivity contribution is 6.13. The SMILES string of the molecule is C=NCc1cccc2c1c1ncccc1c1nc3ccccc3n21. The van der Waals surface area contributed by atoms with Gasteiger partial charge in [0.1, 0.15) is 5.65 Å². The van der Waals surface area contributed by atoms with Crippen LogP contribution in [0.4, 0.5) is 0 Å². The van der Waals surface area contributed by atoms with Gasteiger partial charge in [-0.2, -0.15) is 0 Å². The van der Waals surface area contributed by atoms with Crippen LogP contribution in [-0.2, 0) is 6.54 Å². The molecule has 0 unspecified atom stereocenters. The van der Waals surface area contributed by atoms with Crippen LogP contribution in [0.3, 0.4) is 0 Å². The first kappa shape index (κ1) is 13.2. The number of hydrogen-bond donors (Lipinski definition) is 0. The molecule has 0 atom stereocenters. The minimum Gasteiger partial charge on any atom is -0.296 e. The van der Waals surface area contributed by atoms with Crippen LogP contribution in [-0.4, -0.2) is 21.1 Å². The van der Waals surface area contributed by atoms with Gasteiger partial charge in [-0.25, -0.2) is 4.98 Å². The number of rotatable bonds is 2. The number of hydrogen-bond acceptors (Lipinski definition) is 3. The van der Waals surface area contributed by atoms with Crippen molar-refractivity contribution in [2.75, 3.05) is 0 Å². The molecule has 24 heavy (non-hydrogen) atoms. The van der Waals surface area contributed by atoms with Gasteiger partial charge < -0.3 is 0 Å². The summed E-state index contributed by atoms with van der Waals surface area (Å²) in [6, 6.07) is 18.5. The molecule has 0 amide bonds. The summed E-state index contributed by atoms with van der Waals surface area (Å²) in [6.07, 6.45) is 1.83. The van der Waals surface area contributed by atoms with Crippen LogP contribution in [0.25, 0.3) is 38.5 Å². The topological polar surface area (TPSA) is 42.5 Å². The summed E-state index contributed by atoms with van der Waals surface area (Å²) < 4.78 is 2.22. The minimum atomic E-state index is 0.571. The Bertz CT molecular complexity index is 1250. The molecule has 0 aliphatic rings. The fraction of sp³-hybridized carbons (Fsp3) is 0.0500. The lowest BCUT2D eigenvalue weighted by molar-refractivity contribution is 1.10. The molecule has 2 aromatic carbocycles. The molecule has 0 bridgehead atoms. The van der Waals surface area contributed by atoms with Gasteiger partial charge in [-0.15, -0.1) is 0 Å². The molecule has 0 aliphatic carbocycles. The normalized spacial score (nSPS) is 11.7. The first-order valence-corrected chi connectivity index (χ1v) is 7.86. The number of nitrogens with zero attached hydrogens (tertiary/aromatic N) is 4. The number of aromatic nitrogens is 3. The van der Waals surface area contributed by atoms with E-state index in [1.165, 1.54) is 0 Å². The van der Waals surface area contributed by atoms with Gasteiger partial charge in [-0.05, 0) is 42.6 Å². The molecule has 3 aromatic heterocycles. The first-order chi connectivity index (χ1) is 11.9. The van der Waals surface area contributed by atoms with Gasteiger partial charge in [0.05, 0.1) is 28.6 Å². The van der Waals surface area contributed by atoms with E-state index < -0.39 is 0 Å². The van der Waals surface area contributed by atoms with Crippen LogP contribution in [0.2, 0.25) is 0 Å². The van der Waals surface area contributed by atoms with Gasteiger partial charge in [0.25, 0.3) is 0 Å². The molecular formula is C20H14N4. The quantitative estimate of drug-likeness (QED) is 0.358. The van der Waals surface area contributed by atoms with Crippen molar-refractivity contribution in [2.24, 2.45) is 4.99 Å². The zero-order valence-corrected chi connectivity index (χ0v) is 13.0. The van der Waals surface area contributed by atoms with Crippen LogP contribution in [0, 0.1) is 0 Å². The smallest absolute Gasteiger partial charge is 0.147 e. The molecule has 5 aromatic rings. The summed E-state index contributed by atoms with van der Waals surface area (Å²) in [7, 11) is 0. The summed E-state index contributed by atoms with van der Waals surface area (Å²) in [4.78, 5) is 13.6. The predicted octanol–water partition coefficient (Wildman–Crippen LogP) is 4.39. The maximum absolute atomic E-state index is 4.86. The highest BCUT2D eigenvalue weighted by atomic mass is 15.0. The Hall–Kier alpha value is -3.27. The minimum absolute atomic E-state index is 0.571. The monoisotopic (exact) mass is 310 g/mol. The van der Waals surface area contributed by atoms with Crippen molar-refractivity contribution in [3.63, 3.8) is 0 Å². The number of fused-ring (bicyclic) bond motifs is 8. The Morgan fingerprint density at radius 1 is 0.958 bits per heavy atom. The Balaban J connectivity index is 2.17. The molecule has 0 saturated carbocycles. The molecular weight excluding hydrogens is 296 g/mol. The van der Waals surface area contributed by atoms with Gasteiger partial charge in [-0.3, -0.25) is 14.4 Å². The van der Waals surface area contributed by atoms with Gasteiger partial charge in [-0.1, -0.05) is 24.3 Å². The van der Waals surface area contributed by atoms with Gasteiger partial charge in [0.2, 0.25) is 0 Å². The van der Waals surface area contributed by atoms with E-state index in [0.29, 0.717) is 6.54 Å². The van der Waals surface area contributed by atoms with E-state index in [0.717, 1.165) is 44.0 Å². The van der Waals surface area contributed by atoms with Crippen molar-refractivity contribution in [3.8, 4) is 0 Å². The third-order valence-electron chi connectivity index (χ3n) is 4.50. The van der Waals surface area contributed by atoms with E-state index in [-0.39, 0.29) is 0 Å². The summed E-state index contributed by atoms with van der Waals surface area (Å²) >= 11 is 0. The van der Waals surface area contributed by atoms with Crippen molar-refractivity contribution < 1.29 is 0 Å². The zero-order chi connectivity index (χ0) is 16.1. The molecule has 0 N–H and O–H groups in total. The second-order valence-corrected chi connectivity index (χ2v) is 5.85. The van der Waals surface area contributed by atoms with Crippen LogP contribution in [0.1, 0.15) is 5.56 Å². The largest absolute Gasteiger partial charge is 0.296 e. The van der Waals surface area contributed by atoms with Crippen molar-refractivity contribution in [1.29, 1.82) is 0 Å². The lowest BCUT2D eigenvalue weighted by Crippen LogP contribution is -1.96. The molecule has 3 heterocycles. The maximum Gasteiger partial charge on any atom is 0.147 e. The summed E-state index contributed by atoms with van der Waals surface area (Å²) in [6.45, 7) is 4.23. The van der Waals surface area contributed by atoms with E-state index in [4.69, 9.17) is 4.98 Å². The van der Waals surface area contributed by atoms with Gasteiger partial charge in [0, 0.05) is 17.0 Å². The molecule has 4 heteroatoms. The lowest BCUT2D eigenvalue weighted by atomic mass is 10.0. The number of aliphatic imine (C=N–C) groups is 1. The Labute approximate surface area is 138 Å². The highest BCUT2D eigenvalue weighted by Crippen LogP contribution is 2.33. The predicted molar refractivity (Wildman–Crippen MR) is 98.8 cm³/mol. The molecule has 0 aliphatic heterocycles. The average Bonchev–Trinajstić information content (AvgIpc) is 3.02.